The van der Waals surface area contributed by atoms with Crippen LogP contribution < -0.4 is 11.1 Å². The highest BCUT2D eigenvalue weighted by Crippen LogP contribution is 2.19. The maximum absolute atomic E-state index is 11.7. The van der Waals surface area contributed by atoms with Crippen molar-refractivity contribution in [3.63, 3.8) is 0 Å². The van der Waals surface area contributed by atoms with Gasteiger partial charge in [0, 0.05) is 5.56 Å². The third-order valence-corrected chi connectivity index (χ3v) is 2.40. The van der Waals surface area contributed by atoms with Crippen LogP contribution in [-0.2, 0) is 6.54 Å². The van der Waals surface area contributed by atoms with Gasteiger partial charge in [-0.1, -0.05) is 16.8 Å². The van der Waals surface area contributed by atoms with Gasteiger partial charge in [0.25, 0.3) is 5.91 Å². The summed E-state index contributed by atoms with van der Waals surface area (Å²) in [5, 5.41) is 6.54. The van der Waals surface area contributed by atoms with Gasteiger partial charge >= 0.3 is 0 Å². The van der Waals surface area contributed by atoms with E-state index in [2.05, 4.69) is 20.0 Å². The standard InChI is InChI=1S/C10H9ClN4O2/c11-7-3-6(1-2-8(7)12)10(16)13-4-9-14-5-17-15-9/h1-3,5H,4,12H2,(H,13,16). The number of carbonyl (C=O) groups excluding carboxylic acids is 1. The first-order valence-electron chi connectivity index (χ1n) is 4.75. The molecule has 0 fully saturated rings. The molecule has 1 aromatic carbocycles. The van der Waals surface area contributed by atoms with E-state index in [1.54, 1.807) is 12.1 Å². The summed E-state index contributed by atoms with van der Waals surface area (Å²) in [4.78, 5) is 15.5. The minimum Gasteiger partial charge on any atom is -0.398 e. The Balaban J connectivity index is 2.02. The number of benzene rings is 1. The number of hydrogen-bond donors (Lipinski definition) is 2. The van der Waals surface area contributed by atoms with Crippen molar-refractivity contribution in [2.24, 2.45) is 0 Å². The van der Waals surface area contributed by atoms with Crippen molar-refractivity contribution in [3.8, 4) is 0 Å². The van der Waals surface area contributed by atoms with E-state index in [4.69, 9.17) is 17.3 Å². The summed E-state index contributed by atoms with van der Waals surface area (Å²) in [6.07, 6.45) is 1.20. The Bertz CT molecular complexity index is 527. The van der Waals surface area contributed by atoms with Crippen molar-refractivity contribution in [1.29, 1.82) is 0 Å². The van der Waals surface area contributed by atoms with Crippen LogP contribution in [-0.4, -0.2) is 16.0 Å². The number of carbonyl (C=O) groups is 1. The number of amides is 1. The predicted octanol–water partition coefficient (Wildman–Crippen LogP) is 1.24. The molecule has 0 radical (unpaired) electrons. The molecule has 17 heavy (non-hydrogen) atoms. The molecule has 2 aromatic rings. The summed E-state index contributed by atoms with van der Waals surface area (Å²) in [5.74, 6) is 0.122. The van der Waals surface area contributed by atoms with Gasteiger partial charge in [0.15, 0.2) is 5.82 Å². The molecule has 0 aliphatic rings. The quantitative estimate of drug-likeness (QED) is 0.802. The van der Waals surface area contributed by atoms with Gasteiger partial charge in [-0.3, -0.25) is 4.79 Å². The number of aromatic nitrogens is 2. The van der Waals surface area contributed by atoms with Crippen molar-refractivity contribution in [2.75, 3.05) is 5.73 Å². The summed E-state index contributed by atoms with van der Waals surface area (Å²) in [5.41, 5.74) is 6.40. The molecular formula is C10H9ClN4O2. The van der Waals surface area contributed by atoms with E-state index in [1.807, 2.05) is 0 Å². The second kappa shape index (κ2) is 4.84. The van der Waals surface area contributed by atoms with Gasteiger partial charge in [-0.25, -0.2) is 0 Å². The summed E-state index contributed by atoms with van der Waals surface area (Å²) in [6, 6.07) is 4.67. The molecule has 0 atom stereocenters. The Morgan fingerprint density at radius 3 is 3.00 bits per heavy atom. The minimum atomic E-state index is -0.281. The highest BCUT2D eigenvalue weighted by molar-refractivity contribution is 6.33. The monoisotopic (exact) mass is 252 g/mol. The van der Waals surface area contributed by atoms with E-state index < -0.39 is 0 Å². The summed E-state index contributed by atoms with van der Waals surface area (Å²) >= 11 is 5.81. The molecule has 6 nitrogen and oxygen atoms in total. The maximum atomic E-state index is 11.7. The normalized spacial score (nSPS) is 10.2. The molecule has 0 unspecified atom stereocenters. The number of nitrogens with one attached hydrogen (secondary N) is 1. The molecule has 1 amide bonds. The molecule has 88 valence electrons. The average Bonchev–Trinajstić information content (AvgIpc) is 2.82. The van der Waals surface area contributed by atoms with E-state index in [0.29, 0.717) is 22.1 Å². The van der Waals surface area contributed by atoms with Crippen LogP contribution >= 0.6 is 11.6 Å². The molecule has 1 aromatic heterocycles. The first kappa shape index (κ1) is 11.4. The third kappa shape index (κ3) is 2.73. The first-order chi connectivity index (χ1) is 8.16. The Morgan fingerprint density at radius 2 is 2.35 bits per heavy atom. The molecule has 0 aliphatic heterocycles. The molecule has 0 bridgehead atoms. The molecule has 0 aliphatic carbocycles. The molecule has 2 rings (SSSR count). The van der Waals surface area contributed by atoms with Crippen LogP contribution in [0.25, 0.3) is 0 Å². The van der Waals surface area contributed by atoms with E-state index >= 15 is 0 Å². The Hall–Kier alpha value is -2.08. The number of hydrogen-bond acceptors (Lipinski definition) is 5. The summed E-state index contributed by atoms with van der Waals surface area (Å²) < 4.78 is 4.54. The number of nitrogen functional groups attached to an aromatic ring is 1. The van der Waals surface area contributed by atoms with Crippen LogP contribution in [0.2, 0.25) is 5.02 Å². The molecule has 3 N–H and O–H groups in total. The lowest BCUT2D eigenvalue weighted by molar-refractivity contribution is 0.0949. The summed E-state index contributed by atoms with van der Waals surface area (Å²) in [7, 11) is 0. The first-order valence-corrected chi connectivity index (χ1v) is 5.13. The van der Waals surface area contributed by atoms with E-state index in [9.17, 15) is 4.79 Å². The lowest BCUT2D eigenvalue weighted by Gasteiger charge is -2.04. The van der Waals surface area contributed by atoms with Gasteiger partial charge < -0.3 is 15.6 Å². The van der Waals surface area contributed by atoms with Gasteiger partial charge in [-0.15, -0.1) is 0 Å². The Morgan fingerprint density at radius 1 is 1.53 bits per heavy atom. The minimum absolute atomic E-state index is 0.192. The van der Waals surface area contributed by atoms with Crippen LogP contribution in [0, 0.1) is 0 Å². The van der Waals surface area contributed by atoms with Gasteiger partial charge in [0.05, 0.1) is 17.3 Å². The fourth-order valence-corrected chi connectivity index (χ4v) is 1.38. The predicted molar refractivity (Wildman–Crippen MR) is 61.3 cm³/mol. The number of anilines is 1. The number of nitrogens with zero attached hydrogens (tertiary/aromatic N) is 2. The smallest absolute Gasteiger partial charge is 0.251 e. The number of halogens is 1. The van der Waals surface area contributed by atoms with Crippen molar-refractivity contribution >= 4 is 23.2 Å². The van der Waals surface area contributed by atoms with Gasteiger partial charge in [-0.05, 0) is 18.2 Å². The van der Waals surface area contributed by atoms with E-state index in [1.165, 1.54) is 12.5 Å². The lowest BCUT2D eigenvalue weighted by Crippen LogP contribution is -2.23. The van der Waals surface area contributed by atoms with Crippen molar-refractivity contribution < 1.29 is 9.32 Å². The third-order valence-electron chi connectivity index (χ3n) is 2.08. The largest absolute Gasteiger partial charge is 0.398 e. The van der Waals surface area contributed by atoms with Crippen molar-refractivity contribution in [1.82, 2.24) is 15.5 Å². The highest BCUT2D eigenvalue weighted by Gasteiger charge is 2.08. The van der Waals surface area contributed by atoms with E-state index in [-0.39, 0.29) is 12.5 Å². The average molecular weight is 253 g/mol. The van der Waals surface area contributed by atoms with Crippen LogP contribution in [0.1, 0.15) is 16.2 Å². The van der Waals surface area contributed by atoms with Crippen LogP contribution in [0.15, 0.2) is 29.1 Å². The molecule has 7 heteroatoms. The van der Waals surface area contributed by atoms with Crippen molar-refractivity contribution in [3.05, 3.63) is 41.0 Å². The van der Waals surface area contributed by atoms with Crippen LogP contribution in [0.5, 0.6) is 0 Å². The number of nitrogens with two attached hydrogens (primary N) is 1. The van der Waals surface area contributed by atoms with Gasteiger partial charge in [-0.2, -0.15) is 4.98 Å². The van der Waals surface area contributed by atoms with Crippen LogP contribution in [0.3, 0.4) is 0 Å². The number of rotatable bonds is 3. The van der Waals surface area contributed by atoms with Crippen molar-refractivity contribution in [2.45, 2.75) is 6.54 Å². The zero-order valence-corrected chi connectivity index (χ0v) is 9.44. The molecular weight excluding hydrogens is 244 g/mol. The SMILES string of the molecule is Nc1ccc(C(=O)NCc2ncon2)cc1Cl. The topological polar surface area (TPSA) is 94.0 Å². The maximum Gasteiger partial charge on any atom is 0.251 e. The lowest BCUT2D eigenvalue weighted by atomic mass is 10.2. The Kier molecular flexibility index (Phi) is 3.24. The molecule has 0 saturated heterocycles. The Labute approximate surface area is 102 Å². The van der Waals surface area contributed by atoms with Crippen LogP contribution in [0.4, 0.5) is 5.69 Å². The molecule has 0 saturated carbocycles. The van der Waals surface area contributed by atoms with Gasteiger partial charge in [0.1, 0.15) is 0 Å². The van der Waals surface area contributed by atoms with Gasteiger partial charge in [0.2, 0.25) is 6.39 Å². The fourth-order valence-electron chi connectivity index (χ4n) is 1.20. The van der Waals surface area contributed by atoms with E-state index in [0.717, 1.165) is 0 Å². The molecule has 0 spiro atoms. The fraction of sp³-hybridized carbons (Fsp3) is 0.100. The summed E-state index contributed by atoms with van der Waals surface area (Å²) in [6.45, 7) is 0.192. The second-order valence-electron chi connectivity index (χ2n) is 3.27. The second-order valence-corrected chi connectivity index (χ2v) is 3.67. The highest BCUT2D eigenvalue weighted by atomic mass is 35.5. The zero-order chi connectivity index (χ0) is 12.3. The zero-order valence-electron chi connectivity index (χ0n) is 8.68. The molecule has 1 heterocycles.